The van der Waals surface area contributed by atoms with Gasteiger partial charge in [0.25, 0.3) is 0 Å². The molecule has 2 rings (SSSR count). The molecule has 1 aliphatic heterocycles. The fourth-order valence-corrected chi connectivity index (χ4v) is 2.86. The summed E-state index contributed by atoms with van der Waals surface area (Å²) in [7, 11) is 2.04. The summed E-state index contributed by atoms with van der Waals surface area (Å²) in [5, 5.41) is 3.50. The zero-order valence-electron chi connectivity index (χ0n) is 10.2. The molecular weight excluding hydrogens is 186 g/mol. The van der Waals surface area contributed by atoms with Crippen LogP contribution in [0.1, 0.15) is 51.6 Å². The van der Waals surface area contributed by atoms with Crippen molar-refractivity contribution < 1.29 is 4.42 Å². The van der Waals surface area contributed by atoms with E-state index in [2.05, 4.69) is 38.2 Å². The first kappa shape index (κ1) is 10.7. The van der Waals surface area contributed by atoms with Crippen LogP contribution in [0.2, 0.25) is 0 Å². The molecule has 0 amide bonds. The first-order valence-corrected chi connectivity index (χ1v) is 5.88. The number of unbranched alkanes of at least 4 members (excludes halogenated alkanes) is 1. The number of rotatable bonds is 4. The smallest absolute Gasteiger partial charge is 0.125 e. The van der Waals surface area contributed by atoms with E-state index in [1.807, 2.05) is 7.05 Å². The van der Waals surface area contributed by atoms with E-state index < -0.39 is 0 Å². The number of likely N-dealkylation sites (N-methyl/N-ethyl adjacent to an activating group) is 1. The molecule has 1 aromatic rings. The van der Waals surface area contributed by atoms with Gasteiger partial charge in [-0.25, -0.2) is 0 Å². The Hall–Kier alpha value is -0.760. The summed E-state index contributed by atoms with van der Waals surface area (Å²) in [6.07, 6.45) is 3.61. The molecule has 1 aromatic heterocycles. The van der Waals surface area contributed by atoms with E-state index in [1.54, 1.807) is 0 Å². The van der Waals surface area contributed by atoms with Crippen LogP contribution >= 0.6 is 0 Å². The lowest BCUT2D eigenvalue weighted by molar-refractivity contribution is 0.196. The maximum atomic E-state index is 5.85. The van der Waals surface area contributed by atoms with Gasteiger partial charge in [-0.1, -0.05) is 33.6 Å². The molecule has 2 heteroatoms. The fraction of sp³-hybridized carbons (Fsp3) is 0.692. The van der Waals surface area contributed by atoms with E-state index in [1.165, 1.54) is 12.8 Å². The quantitative estimate of drug-likeness (QED) is 0.820. The summed E-state index contributed by atoms with van der Waals surface area (Å²) in [6.45, 7) is 6.77. The van der Waals surface area contributed by atoms with E-state index >= 15 is 0 Å². The van der Waals surface area contributed by atoms with Gasteiger partial charge < -0.3 is 9.73 Å². The standard InChI is InChI=1S/C13H21NO/c1-5-6-9-13(14-4)11-8-7-10(15-11)12(13,2)3/h7-8,14H,5-6,9H2,1-4H3. The molecule has 15 heavy (non-hydrogen) atoms. The maximum Gasteiger partial charge on any atom is 0.125 e. The predicted molar refractivity (Wildman–Crippen MR) is 62.0 cm³/mol. The van der Waals surface area contributed by atoms with Crippen molar-refractivity contribution in [3.63, 3.8) is 0 Å². The van der Waals surface area contributed by atoms with Gasteiger partial charge in [-0.3, -0.25) is 0 Å². The molecule has 0 saturated heterocycles. The van der Waals surface area contributed by atoms with Crippen molar-refractivity contribution in [3.05, 3.63) is 23.7 Å². The third-order valence-corrected chi connectivity index (χ3v) is 4.04. The third kappa shape index (κ3) is 1.21. The monoisotopic (exact) mass is 207 g/mol. The zero-order chi connectivity index (χ0) is 11.1. The predicted octanol–water partition coefficient (Wildman–Crippen LogP) is 3.18. The molecule has 1 aliphatic rings. The van der Waals surface area contributed by atoms with E-state index in [9.17, 15) is 0 Å². The summed E-state index contributed by atoms with van der Waals surface area (Å²) < 4.78 is 5.85. The lowest BCUT2D eigenvalue weighted by atomic mass is 9.66. The minimum atomic E-state index is 0.0209. The van der Waals surface area contributed by atoms with Crippen LogP contribution in [0.25, 0.3) is 0 Å². The highest BCUT2D eigenvalue weighted by molar-refractivity contribution is 5.36. The summed E-state index contributed by atoms with van der Waals surface area (Å²) >= 11 is 0. The average Bonchev–Trinajstić information content (AvgIpc) is 2.75. The number of furan rings is 1. The van der Waals surface area contributed by atoms with Gasteiger partial charge in [-0.2, -0.15) is 0 Å². The third-order valence-electron chi connectivity index (χ3n) is 4.04. The van der Waals surface area contributed by atoms with Gasteiger partial charge in [0.15, 0.2) is 0 Å². The SMILES string of the molecule is CCCCC1(NC)c2ccc(o2)C1(C)C. The van der Waals surface area contributed by atoms with E-state index in [4.69, 9.17) is 4.42 Å². The molecule has 0 spiro atoms. The summed E-state index contributed by atoms with van der Waals surface area (Å²) in [5.74, 6) is 2.22. The molecule has 0 aromatic carbocycles. The second kappa shape index (κ2) is 3.38. The van der Waals surface area contributed by atoms with Gasteiger partial charge in [0.1, 0.15) is 11.5 Å². The van der Waals surface area contributed by atoms with Crippen molar-refractivity contribution in [2.75, 3.05) is 7.05 Å². The first-order chi connectivity index (χ1) is 7.08. The van der Waals surface area contributed by atoms with Gasteiger partial charge in [0.05, 0.1) is 5.54 Å². The maximum absolute atomic E-state index is 5.85. The van der Waals surface area contributed by atoms with Crippen LogP contribution in [-0.4, -0.2) is 7.05 Å². The molecule has 2 heterocycles. The van der Waals surface area contributed by atoms with Crippen molar-refractivity contribution in [1.29, 1.82) is 0 Å². The lowest BCUT2D eigenvalue weighted by Gasteiger charge is -2.41. The molecule has 1 unspecified atom stereocenters. The van der Waals surface area contributed by atoms with Crippen LogP contribution in [0.15, 0.2) is 16.5 Å². The molecule has 0 radical (unpaired) electrons. The molecule has 0 aliphatic carbocycles. The molecule has 0 saturated carbocycles. The molecule has 1 atom stereocenters. The highest BCUT2D eigenvalue weighted by Crippen LogP contribution is 2.51. The average molecular weight is 207 g/mol. The number of hydrogen-bond acceptors (Lipinski definition) is 2. The Morgan fingerprint density at radius 2 is 1.93 bits per heavy atom. The lowest BCUT2D eigenvalue weighted by Crippen LogP contribution is -2.52. The van der Waals surface area contributed by atoms with Gasteiger partial charge >= 0.3 is 0 Å². The first-order valence-electron chi connectivity index (χ1n) is 5.88. The molecule has 2 nitrogen and oxygen atoms in total. The molecule has 2 bridgehead atoms. The summed E-state index contributed by atoms with van der Waals surface area (Å²) in [4.78, 5) is 0. The van der Waals surface area contributed by atoms with Crippen LogP contribution in [0.3, 0.4) is 0 Å². The Balaban J connectivity index is 2.37. The highest BCUT2D eigenvalue weighted by atomic mass is 16.4. The minimum Gasteiger partial charge on any atom is -0.463 e. The second-order valence-electron chi connectivity index (χ2n) is 5.05. The Bertz CT molecular complexity index is 353. The Labute approximate surface area is 92.1 Å². The van der Waals surface area contributed by atoms with Crippen molar-refractivity contribution in [1.82, 2.24) is 5.32 Å². The van der Waals surface area contributed by atoms with Gasteiger partial charge in [0.2, 0.25) is 0 Å². The zero-order valence-corrected chi connectivity index (χ0v) is 10.2. The van der Waals surface area contributed by atoms with Crippen molar-refractivity contribution in [2.45, 2.75) is 51.0 Å². The summed E-state index contributed by atoms with van der Waals surface area (Å²) in [5.41, 5.74) is 0.105. The summed E-state index contributed by atoms with van der Waals surface area (Å²) in [6, 6.07) is 4.23. The minimum absolute atomic E-state index is 0.0209. The second-order valence-corrected chi connectivity index (χ2v) is 5.05. The van der Waals surface area contributed by atoms with E-state index in [0.717, 1.165) is 17.9 Å². The van der Waals surface area contributed by atoms with Crippen molar-refractivity contribution >= 4 is 0 Å². The molecular formula is C13H21NO. The van der Waals surface area contributed by atoms with Crippen molar-refractivity contribution in [2.24, 2.45) is 0 Å². The molecule has 1 N–H and O–H groups in total. The topological polar surface area (TPSA) is 25.2 Å². The van der Waals surface area contributed by atoms with Crippen LogP contribution in [0, 0.1) is 0 Å². The van der Waals surface area contributed by atoms with Crippen LogP contribution in [-0.2, 0) is 11.0 Å². The Kier molecular flexibility index (Phi) is 2.42. The van der Waals surface area contributed by atoms with Crippen molar-refractivity contribution in [3.8, 4) is 0 Å². The Morgan fingerprint density at radius 1 is 1.27 bits per heavy atom. The van der Waals surface area contributed by atoms with Gasteiger partial charge in [0, 0.05) is 5.41 Å². The van der Waals surface area contributed by atoms with E-state index in [0.29, 0.717) is 0 Å². The molecule has 0 fully saturated rings. The number of fused-ring (bicyclic) bond motifs is 2. The Morgan fingerprint density at radius 3 is 2.40 bits per heavy atom. The molecule has 84 valence electrons. The fourth-order valence-electron chi connectivity index (χ4n) is 2.86. The van der Waals surface area contributed by atoms with Gasteiger partial charge in [-0.05, 0) is 25.6 Å². The normalized spacial score (nSPS) is 27.2. The highest BCUT2D eigenvalue weighted by Gasteiger charge is 2.54. The van der Waals surface area contributed by atoms with Crippen LogP contribution in [0.5, 0.6) is 0 Å². The number of nitrogens with one attached hydrogen (secondary N) is 1. The largest absolute Gasteiger partial charge is 0.463 e. The van der Waals surface area contributed by atoms with Crippen LogP contribution < -0.4 is 5.32 Å². The van der Waals surface area contributed by atoms with Gasteiger partial charge in [-0.15, -0.1) is 0 Å². The number of hydrogen-bond donors (Lipinski definition) is 1. The van der Waals surface area contributed by atoms with Crippen LogP contribution in [0.4, 0.5) is 0 Å². The van der Waals surface area contributed by atoms with E-state index in [-0.39, 0.29) is 11.0 Å².